The standard InChI is InChI=1S/C24H34N4O6/c1-16(29)26-21-15-17-9-11-18(12-10-17)34-14-6-4-8-20(24(32)33-2)28-22(30)19(27-23(21)31)7-3-5-13-25/h4,6,9-12,19-21H,3,5,7-8,13-15,25H2,1-2H3,(H,26,29)(H,27,31)(H,28,30)/p+1/b6-4-/t19-,20+,21+/m1/s1. The van der Waals surface area contributed by atoms with Gasteiger partial charge in [-0.15, -0.1) is 0 Å². The third kappa shape index (κ3) is 8.86. The Balaban J connectivity index is 2.34. The molecule has 0 fully saturated rings. The van der Waals surface area contributed by atoms with Crippen molar-refractivity contribution in [1.29, 1.82) is 0 Å². The average molecular weight is 476 g/mol. The van der Waals surface area contributed by atoms with Gasteiger partial charge in [-0.2, -0.15) is 0 Å². The second-order valence-electron chi connectivity index (χ2n) is 8.11. The summed E-state index contributed by atoms with van der Waals surface area (Å²) in [6.45, 7) is 2.31. The third-order valence-corrected chi connectivity index (χ3v) is 5.37. The van der Waals surface area contributed by atoms with Crippen molar-refractivity contribution in [2.75, 3.05) is 20.3 Å². The van der Waals surface area contributed by atoms with E-state index in [-0.39, 0.29) is 25.4 Å². The molecule has 0 unspecified atom stereocenters. The largest absolute Gasteiger partial charge is 0.490 e. The van der Waals surface area contributed by atoms with Gasteiger partial charge >= 0.3 is 5.97 Å². The normalized spacial score (nSPS) is 22.5. The van der Waals surface area contributed by atoms with E-state index < -0.39 is 35.9 Å². The van der Waals surface area contributed by atoms with Gasteiger partial charge in [0, 0.05) is 13.3 Å². The smallest absolute Gasteiger partial charge is 0.328 e. The number of esters is 1. The van der Waals surface area contributed by atoms with Crippen LogP contribution in [0.15, 0.2) is 36.4 Å². The molecule has 0 saturated carbocycles. The molecule has 1 aromatic rings. The molecule has 0 spiro atoms. The molecule has 0 radical (unpaired) electrons. The van der Waals surface area contributed by atoms with Crippen LogP contribution in [0.4, 0.5) is 0 Å². The minimum atomic E-state index is -0.915. The van der Waals surface area contributed by atoms with Gasteiger partial charge in [0.1, 0.15) is 30.5 Å². The Labute approximate surface area is 199 Å². The molecule has 1 aromatic carbocycles. The molecule has 2 heterocycles. The minimum Gasteiger partial charge on any atom is -0.490 e. The highest BCUT2D eigenvalue weighted by Crippen LogP contribution is 2.14. The van der Waals surface area contributed by atoms with Crippen LogP contribution in [0.5, 0.6) is 5.75 Å². The van der Waals surface area contributed by atoms with Crippen LogP contribution in [0.25, 0.3) is 0 Å². The van der Waals surface area contributed by atoms with Crippen LogP contribution in [0, 0.1) is 0 Å². The van der Waals surface area contributed by atoms with E-state index >= 15 is 0 Å². The van der Waals surface area contributed by atoms with Crippen LogP contribution in [-0.4, -0.2) is 62.1 Å². The monoisotopic (exact) mass is 475 g/mol. The summed E-state index contributed by atoms with van der Waals surface area (Å²) >= 11 is 0. The van der Waals surface area contributed by atoms with E-state index in [1.807, 2.05) is 12.1 Å². The summed E-state index contributed by atoms with van der Waals surface area (Å²) in [6, 6.07) is 4.55. The van der Waals surface area contributed by atoms with Gasteiger partial charge in [-0.05, 0) is 43.4 Å². The van der Waals surface area contributed by atoms with Crippen molar-refractivity contribution in [3.63, 3.8) is 0 Å². The maximum Gasteiger partial charge on any atom is 0.328 e. The van der Waals surface area contributed by atoms with Crippen LogP contribution in [0.3, 0.4) is 0 Å². The molecule has 10 nitrogen and oxygen atoms in total. The summed E-state index contributed by atoms with van der Waals surface area (Å²) in [5.41, 5.74) is 4.63. The molecule has 10 heteroatoms. The van der Waals surface area contributed by atoms with E-state index in [2.05, 4.69) is 21.7 Å². The minimum absolute atomic E-state index is 0.203. The number of hydrogen-bond donors (Lipinski definition) is 4. The topological polar surface area (TPSA) is 150 Å². The van der Waals surface area contributed by atoms with Crippen molar-refractivity contribution in [3.05, 3.63) is 42.0 Å². The summed E-state index contributed by atoms with van der Waals surface area (Å²) < 4.78 is 10.5. The molecule has 0 aromatic heterocycles. The van der Waals surface area contributed by atoms with E-state index in [1.54, 1.807) is 24.3 Å². The zero-order chi connectivity index (χ0) is 24.9. The predicted molar refractivity (Wildman–Crippen MR) is 124 cm³/mol. The van der Waals surface area contributed by atoms with E-state index in [0.717, 1.165) is 12.0 Å². The molecule has 3 atom stereocenters. The molecular formula is C24H35N4O6+. The van der Waals surface area contributed by atoms with Crippen LogP contribution in [-0.2, 0) is 30.3 Å². The lowest BCUT2D eigenvalue weighted by atomic mass is 10.0. The number of fused-ring (bicyclic) bond motifs is 13. The van der Waals surface area contributed by atoms with E-state index in [4.69, 9.17) is 9.47 Å². The van der Waals surface area contributed by atoms with Gasteiger partial charge in [0.2, 0.25) is 17.7 Å². The number of carbonyl (C=O) groups excluding carboxylic acids is 4. The summed E-state index contributed by atoms with van der Waals surface area (Å²) in [5.74, 6) is -1.29. The maximum atomic E-state index is 13.1. The van der Waals surface area contributed by atoms with E-state index in [0.29, 0.717) is 25.1 Å². The molecular weight excluding hydrogens is 440 g/mol. The van der Waals surface area contributed by atoms with E-state index in [1.165, 1.54) is 14.0 Å². The van der Waals surface area contributed by atoms with Crippen molar-refractivity contribution >= 4 is 23.7 Å². The molecule has 2 bridgehead atoms. The lowest BCUT2D eigenvalue weighted by Gasteiger charge is -2.24. The Morgan fingerprint density at radius 3 is 2.50 bits per heavy atom. The second-order valence-corrected chi connectivity index (χ2v) is 8.11. The zero-order valence-corrected chi connectivity index (χ0v) is 19.8. The maximum absolute atomic E-state index is 13.1. The first-order valence-electron chi connectivity index (χ1n) is 11.5. The average Bonchev–Trinajstić information content (AvgIpc) is 2.81. The molecule has 2 aliphatic heterocycles. The lowest BCUT2D eigenvalue weighted by Crippen LogP contribution is -2.56. The molecule has 6 N–H and O–H groups in total. The van der Waals surface area contributed by atoms with Gasteiger partial charge in [-0.25, -0.2) is 4.79 Å². The first kappa shape index (κ1) is 26.8. The van der Waals surface area contributed by atoms with Crippen molar-refractivity contribution in [2.24, 2.45) is 0 Å². The van der Waals surface area contributed by atoms with E-state index in [9.17, 15) is 19.2 Å². The predicted octanol–water partition coefficient (Wildman–Crippen LogP) is -0.373. The number of carbonyl (C=O) groups is 4. The molecule has 34 heavy (non-hydrogen) atoms. The number of ether oxygens (including phenoxy) is 2. The van der Waals surface area contributed by atoms with Crippen LogP contribution >= 0.6 is 0 Å². The fraction of sp³-hybridized carbons (Fsp3) is 0.500. The Hall–Kier alpha value is -3.40. The third-order valence-electron chi connectivity index (χ3n) is 5.37. The number of hydrogen-bond acceptors (Lipinski definition) is 6. The molecule has 3 amide bonds. The number of amides is 3. The highest BCUT2D eigenvalue weighted by molar-refractivity contribution is 5.93. The Bertz CT molecular complexity index is 871. The molecule has 2 aliphatic rings. The highest BCUT2D eigenvalue weighted by Gasteiger charge is 2.29. The number of rotatable bonds is 6. The van der Waals surface area contributed by atoms with Gasteiger partial charge in [0.25, 0.3) is 0 Å². The van der Waals surface area contributed by atoms with Crippen LogP contribution in [0.1, 0.15) is 38.2 Å². The Morgan fingerprint density at radius 2 is 1.85 bits per heavy atom. The zero-order valence-electron chi connectivity index (χ0n) is 19.8. The van der Waals surface area contributed by atoms with Gasteiger partial charge in [-0.1, -0.05) is 24.3 Å². The Kier molecular flexibility index (Phi) is 11.0. The summed E-state index contributed by atoms with van der Waals surface area (Å²) in [7, 11) is 1.25. The molecule has 3 rings (SSSR count). The highest BCUT2D eigenvalue weighted by atomic mass is 16.5. The van der Waals surface area contributed by atoms with Crippen molar-refractivity contribution in [1.82, 2.24) is 16.0 Å². The second kappa shape index (κ2) is 14.0. The fourth-order valence-electron chi connectivity index (χ4n) is 3.55. The number of quaternary nitrogens is 1. The van der Waals surface area contributed by atoms with Crippen LogP contribution < -0.4 is 26.4 Å². The van der Waals surface area contributed by atoms with Gasteiger partial charge in [0.15, 0.2) is 0 Å². The molecule has 186 valence electrons. The van der Waals surface area contributed by atoms with Crippen LogP contribution in [0.2, 0.25) is 0 Å². The SMILES string of the molecule is COC(=O)[C@@H]1C/C=C\COc2ccc(cc2)C[C@H](NC(C)=O)C(=O)N[C@H](CCCC[NH3+])C(=O)N1. The first-order valence-corrected chi connectivity index (χ1v) is 11.5. The Morgan fingerprint density at radius 1 is 1.12 bits per heavy atom. The first-order chi connectivity index (χ1) is 16.3. The summed E-state index contributed by atoms with van der Waals surface area (Å²) in [5, 5.41) is 8.11. The fourth-order valence-corrected chi connectivity index (χ4v) is 3.55. The number of unbranched alkanes of at least 4 members (excludes halogenated alkanes) is 1. The van der Waals surface area contributed by atoms with Crippen molar-refractivity contribution in [3.8, 4) is 5.75 Å². The lowest BCUT2D eigenvalue weighted by molar-refractivity contribution is -0.368. The van der Waals surface area contributed by atoms with Gasteiger partial charge in [-0.3, -0.25) is 14.4 Å². The number of benzene rings is 1. The van der Waals surface area contributed by atoms with Crippen molar-refractivity contribution in [2.45, 2.75) is 57.2 Å². The van der Waals surface area contributed by atoms with Gasteiger partial charge in [0.05, 0.1) is 13.7 Å². The van der Waals surface area contributed by atoms with Crippen molar-refractivity contribution < 1.29 is 34.4 Å². The summed E-state index contributed by atoms with van der Waals surface area (Å²) in [4.78, 5) is 50.2. The quantitative estimate of drug-likeness (QED) is 0.250. The molecule has 0 saturated heterocycles. The number of methoxy groups -OCH3 is 1. The molecule has 0 aliphatic carbocycles. The summed E-state index contributed by atoms with van der Waals surface area (Å²) in [6.07, 6.45) is 5.75. The number of nitrogens with one attached hydrogen (secondary N) is 3. The van der Waals surface area contributed by atoms with Gasteiger partial charge < -0.3 is 31.2 Å².